The first kappa shape index (κ1) is 10.5. The lowest BCUT2D eigenvalue weighted by Crippen LogP contribution is -1.94. The number of carboxylic acid groups (broad SMARTS) is 1. The molecule has 0 aromatic heterocycles. The van der Waals surface area contributed by atoms with Gasteiger partial charge in [0, 0.05) is 0 Å². The maximum atomic E-state index is 10.6. The van der Waals surface area contributed by atoms with E-state index in [1.165, 1.54) is 0 Å². The first-order valence-corrected chi connectivity index (χ1v) is 4.74. The Morgan fingerprint density at radius 1 is 1.36 bits per heavy atom. The maximum Gasteiger partial charge on any atom is 0.335 e. The van der Waals surface area contributed by atoms with E-state index < -0.39 is 5.97 Å². The Morgan fingerprint density at radius 3 is 2.50 bits per heavy atom. The number of carbonyl (C=O) groups is 1. The van der Waals surface area contributed by atoms with Gasteiger partial charge < -0.3 is 5.11 Å². The molecule has 0 aliphatic rings. The molecule has 2 nitrogen and oxygen atoms in total. The zero-order chi connectivity index (χ0) is 10.4. The molecule has 14 heavy (non-hydrogen) atoms. The van der Waals surface area contributed by atoms with Crippen molar-refractivity contribution in [3.63, 3.8) is 0 Å². The predicted octanol–water partition coefficient (Wildman–Crippen LogP) is 3.20. The molecule has 0 aliphatic carbocycles. The summed E-state index contributed by atoms with van der Waals surface area (Å²) in [6, 6.07) is 6.87. The fraction of sp³-hybridized carbons (Fsp3) is 0.250. The SMILES string of the molecule is CCC/C=C/c1ccc(C(=O)O)cc1. The van der Waals surface area contributed by atoms with Crippen LogP contribution in [0, 0.1) is 0 Å². The lowest BCUT2D eigenvalue weighted by atomic mass is 10.1. The molecule has 0 amide bonds. The third kappa shape index (κ3) is 3.05. The van der Waals surface area contributed by atoms with E-state index in [1.807, 2.05) is 18.2 Å². The molecule has 0 heterocycles. The molecule has 2 heteroatoms. The minimum absolute atomic E-state index is 0.331. The summed E-state index contributed by atoms with van der Waals surface area (Å²) in [4.78, 5) is 10.6. The summed E-state index contributed by atoms with van der Waals surface area (Å²) in [5.41, 5.74) is 1.38. The number of aromatic carboxylic acids is 1. The van der Waals surface area contributed by atoms with Gasteiger partial charge >= 0.3 is 5.97 Å². The highest BCUT2D eigenvalue weighted by atomic mass is 16.4. The minimum atomic E-state index is -0.880. The Hall–Kier alpha value is -1.57. The minimum Gasteiger partial charge on any atom is -0.478 e. The molecule has 1 aromatic rings. The Balaban J connectivity index is 2.68. The molecule has 0 fully saturated rings. The third-order valence-electron chi connectivity index (χ3n) is 1.92. The smallest absolute Gasteiger partial charge is 0.335 e. The van der Waals surface area contributed by atoms with Gasteiger partial charge in [-0.1, -0.05) is 37.6 Å². The average molecular weight is 190 g/mol. The van der Waals surface area contributed by atoms with E-state index in [0.717, 1.165) is 18.4 Å². The van der Waals surface area contributed by atoms with Crippen molar-refractivity contribution in [1.29, 1.82) is 0 Å². The first-order valence-electron chi connectivity index (χ1n) is 4.74. The summed E-state index contributed by atoms with van der Waals surface area (Å²) >= 11 is 0. The van der Waals surface area contributed by atoms with Gasteiger partial charge in [-0.15, -0.1) is 0 Å². The van der Waals surface area contributed by atoms with E-state index in [4.69, 9.17) is 5.11 Å². The molecule has 0 unspecified atom stereocenters. The zero-order valence-electron chi connectivity index (χ0n) is 8.23. The standard InChI is InChI=1S/C12H14O2/c1-2-3-4-5-10-6-8-11(9-7-10)12(13)14/h4-9H,2-3H2,1H3,(H,13,14)/b5-4+. The molecule has 0 saturated carbocycles. The monoisotopic (exact) mass is 190 g/mol. The molecule has 1 N–H and O–H groups in total. The highest BCUT2D eigenvalue weighted by Gasteiger charge is 1.99. The summed E-state index contributed by atoms with van der Waals surface area (Å²) in [6.45, 7) is 2.12. The molecule has 0 bridgehead atoms. The van der Waals surface area contributed by atoms with E-state index in [1.54, 1.807) is 12.1 Å². The number of hydrogen-bond acceptors (Lipinski definition) is 1. The molecular formula is C12H14O2. The van der Waals surface area contributed by atoms with Gasteiger partial charge in [0.1, 0.15) is 0 Å². The van der Waals surface area contributed by atoms with Crippen molar-refractivity contribution in [2.24, 2.45) is 0 Å². The van der Waals surface area contributed by atoms with E-state index >= 15 is 0 Å². The highest BCUT2D eigenvalue weighted by Crippen LogP contribution is 2.07. The number of benzene rings is 1. The molecule has 0 radical (unpaired) electrons. The molecule has 0 atom stereocenters. The van der Waals surface area contributed by atoms with Crippen LogP contribution in [0.3, 0.4) is 0 Å². The van der Waals surface area contributed by atoms with Crippen molar-refractivity contribution in [3.05, 3.63) is 41.5 Å². The molecule has 0 saturated heterocycles. The van der Waals surface area contributed by atoms with Crippen LogP contribution in [0.4, 0.5) is 0 Å². The third-order valence-corrected chi connectivity index (χ3v) is 1.92. The molecular weight excluding hydrogens is 176 g/mol. The van der Waals surface area contributed by atoms with Crippen LogP contribution in [-0.4, -0.2) is 11.1 Å². The van der Waals surface area contributed by atoms with E-state index in [9.17, 15) is 4.79 Å². The maximum absolute atomic E-state index is 10.6. The largest absolute Gasteiger partial charge is 0.478 e. The molecule has 0 spiro atoms. The van der Waals surface area contributed by atoms with Crippen molar-refractivity contribution in [3.8, 4) is 0 Å². The van der Waals surface area contributed by atoms with E-state index in [2.05, 4.69) is 13.0 Å². The topological polar surface area (TPSA) is 37.3 Å². The Morgan fingerprint density at radius 2 is 2.00 bits per heavy atom. The Bertz CT molecular complexity index is 323. The van der Waals surface area contributed by atoms with Crippen LogP contribution in [0.1, 0.15) is 35.7 Å². The normalized spacial score (nSPS) is 10.6. The first-order chi connectivity index (χ1) is 6.74. The fourth-order valence-electron chi connectivity index (χ4n) is 1.12. The second-order valence-electron chi connectivity index (χ2n) is 3.12. The van der Waals surface area contributed by atoms with Gasteiger partial charge in [0.25, 0.3) is 0 Å². The van der Waals surface area contributed by atoms with Gasteiger partial charge in [-0.05, 0) is 24.1 Å². The van der Waals surface area contributed by atoms with Crippen LogP contribution < -0.4 is 0 Å². The van der Waals surface area contributed by atoms with Gasteiger partial charge in [0.05, 0.1) is 5.56 Å². The lowest BCUT2D eigenvalue weighted by molar-refractivity contribution is 0.0697. The average Bonchev–Trinajstić information content (AvgIpc) is 2.19. The second-order valence-corrected chi connectivity index (χ2v) is 3.12. The van der Waals surface area contributed by atoms with Gasteiger partial charge in [0.15, 0.2) is 0 Å². The van der Waals surface area contributed by atoms with E-state index in [0.29, 0.717) is 5.56 Å². The van der Waals surface area contributed by atoms with Gasteiger partial charge in [-0.3, -0.25) is 0 Å². The summed E-state index contributed by atoms with van der Waals surface area (Å²) in [5.74, 6) is -0.880. The summed E-state index contributed by atoms with van der Waals surface area (Å²) < 4.78 is 0. The molecule has 1 rings (SSSR count). The van der Waals surface area contributed by atoms with Crippen LogP contribution in [0.5, 0.6) is 0 Å². The van der Waals surface area contributed by atoms with Crippen molar-refractivity contribution in [2.45, 2.75) is 19.8 Å². The number of carboxylic acids is 1. The summed E-state index contributed by atoms with van der Waals surface area (Å²) in [7, 11) is 0. The number of hydrogen-bond donors (Lipinski definition) is 1. The molecule has 0 aliphatic heterocycles. The zero-order valence-corrected chi connectivity index (χ0v) is 8.23. The van der Waals surface area contributed by atoms with Crippen LogP contribution in [0.25, 0.3) is 6.08 Å². The Labute approximate surface area is 83.9 Å². The number of rotatable bonds is 4. The van der Waals surface area contributed by atoms with Gasteiger partial charge in [0.2, 0.25) is 0 Å². The summed E-state index contributed by atoms with van der Waals surface area (Å²) in [6.07, 6.45) is 6.29. The van der Waals surface area contributed by atoms with Crippen molar-refractivity contribution in [2.75, 3.05) is 0 Å². The van der Waals surface area contributed by atoms with Crippen LogP contribution >= 0.6 is 0 Å². The Kier molecular flexibility index (Phi) is 3.92. The fourth-order valence-corrected chi connectivity index (χ4v) is 1.12. The van der Waals surface area contributed by atoms with E-state index in [-0.39, 0.29) is 0 Å². The quantitative estimate of drug-likeness (QED) is 0.791. The van der Waals surface area contributed by atoms with Gasteiger partial charge in [-0.2, -0.15) is 0 Å². The second kappa shape index (κ2) is 5.22. The van der Waals surface area contributed by atoms with Crippen molar-refractivity contribution < 1.29 is 9.90 Å². The number of allylic oxidation sites excluding steroid dienone is 1. The molecule has 1 aromatic carbocycles. The predicted molar refractivity (Wildman–Crippen MR) is 57.3 cm³/mol. The number of unbranched alkanes of at least 4 members (excludes halogenated alkanes) is 1. The highest BCUT2D eigenvalue weighted by molar-refractivity contribution is 5.87. The van der Waals surface area contributed by atoms with Gasteiger partial charge in [-0.25, -0.2) is 4.79 Å². The van der Waals surface area contributed by atoms with Crippen LogP contribution in [0.15, 0.2) is 30.3 Å². The van der Waals surface area contributed by atoms with Crippen LogP contribution in [-0.2, 0) is 0 Å². The van der Waals surface area contributed by atoms with Crippen molar-refractivity contribution in [1.82, 2.24) is 0 Å². The summed E-state index contributed by atoms with van der Waals surface area (Å²) in [5, 5.41) is 8.67. The molecule has 74 valence electrons. The lowest BCUT2D eigenvalue weighted by Gasteiger charge is -1.95. The van der Waals surface area contributed by atoms with Crippen LogP contribution in [0.2, 0.25) is 0 Å². The van der Waals surface area contributed by atoms with Crippen molar-refractivity contribution >= 4 is 12.0 Å².